The van der Waals surface area contributed by atoms with E-state index in [2.05, 4.69) is 27.6 Å². The molecule has 96 valence electrons. The van der Waals surface area contributed by atoms with Gasteiger partial charge in [0.05, 0.1) is 6.61 Å². The van der Waals surface area contributed by atoms with E-state index < -0.39 is 0 Å². The van der Waals surface area contributed by atoms with Gasteiger partial charge in [-0.05, 0) is 13.3 Å². The molecule has 17 heavy (non-hydrogen) atoms. The van der Waals surface area contributed by atoms with Crippen LogP contribution in [0.4, 0.5) is 11.6 Å². The Bertz CT molecular complexity index is 332. The highest BCUT2D eigenvalue weighted by Gasteiger charge is 1.99. The van der Waals surface area contributed by atoms with Crippen LogP contribution < -0.4 is 16.6 Å². The average molecular weight is 239 g/mol. The largest absolute Gasteiger partial charge is 0.380 e. The van der Waals surface area contributed by atoms with Crippen LogP contribution in [0.2, 0.25) is 0 Å². The Morgan fingerprint density at radius 3 is 2.76 bits per heavy atom. The molecule has 6 heteroatoms. The lowest BCUT2D eigenvalue weighted by Crippen LogP contribution is -2.14. The van der Waals surface area contributed by atoms with E-state index in [0.717, 1.165) is 31.8 Å². The summed E-state index contributed by atoms with van der Waals surface area (Å²) in [5.41, 5.74) is 2.50. The molecule has 4 N–H and O–H groups in total. The number of hydrazine groups is 1. The normalized spacial score (nSPS) is 10.3. The number of nitrogens with two attached hydrogens (primary N) is 1. The summed E-state index contributed by atoms with van der Waals surface area (Å²) in [5.74, 6) is 7.34. The number of rotatable bonds is 8. The zero-order chi connectivity index (χ0) is 12.5. The Labute approximate surface area is 102 Å². The van der Waals surface area contributed by atoms with E-state index in [0.29, 0.717) is 18.2 Å². The van der Waals surface area contributed by atoms with Crippen molar-refractivity contribution in [3.05, 3.63) is 11.9 Å². The van der Waals surface area contributed by atoms with Gasteiger partial charge in [-0.1, -0.05) is 13.3 Å². The van der Waals surface area contributed by atoms with Crippen molar-refractivity contribution < 1.29 is 4.74 Å². The van der Waals surface area contributed by atoms with Crippen LogP contribution in [0.1, 0.15) is 25.6 Å². The molecule has 0 amide bonds. The molecule has 0 unspecified atom stereocenters. The number of nitrogen functional groups attached to an aromatic ring is 1. The van der Waals surface area contributed by atoms with Crippen LogP contribution in [0.3, 0.4) is 0 Å². The minimum Gasteiger partial charge on any atom is -0.380 e. The van der Waals surface area contributed by atoms with Crippen LogP contribution >= 0.6 is 0 Å². The van der Waals surface area contributed by atoms with Crippen molar-refractivity contribution in [2.75, 3.05) is 30.5 Å². The number of unbranched alkanes of at least 4 members (excludes halogenated alkanes) is 1. The third-order valence-corrected chi connectivity index (χ3v) is 2.18. The summed E-state index contributed by atoms with van der Waals surface area (Å²) in [5, 5.41) is 3.17. The molecule has 0 radical (unpaired) electrons. The molecule has 1 aromatic heterocycles. The fourth-order valence-electron chi connectivity index (χ4n) is 1.33. The Hall–Kier alpha value is -1.40. The number of hydrogen-bond donors (Lipinski definition) is 3. The Morgan fingerprint density at radius 1 is 1.29 bits per heavy atom. The molecular weight excluding hydrogens is 218 g/mol. The Morgan fingerprint density at radius 2 is 2.06 bits per heavy atom. The maximum atomic E-state index is 5.44. The Balaban J connectivity index is 2.28. The Kier molecular flexibility index (Phi) is 6.27. The molecule has 0 fully saturated rings. The summed E-state index contributed by atoms with van der Waals surface area (Å²) >= 11 is 0. The van der Waals surface area contributed by atoms with Crippen molar-refractivity contribution in [2.24, 2.45) is 5.84 Å². The molecule has 0 aliphatic carbocycles. The van der Waals surface area contributed by atoms with Gasteiger partial charge in [0.25, 0.3) is 0 Å². The number of aromatic nitrogens is 2. The van der Waals surface area contributed by atoms with E-state index in [4.69, 9.17) is 10.6 Å². The molecule has 0 saturated heterocycles. The quantitative estimate of drug-likeness (QED) is 0.360. The summed E-state index contributed by atoms with van der Waals surface area (Å²) in [7, 11) is 0. The minimum atomic E-state index is 0.604. The van der Waals surface area contributed by atoms with Crippen LogP contribution in [0.15, 0.2) is 6.07 Å². The van der Waals surface area contributed by atoms with E-state index in [1.807, 2.05) is 6.92 Å². The standard InChI is InChI=1S/C11H21N5O/c1-3-4-6-17-7-5-13-10-8-11(16-12)15-9(2)14-10/h8H,3-7,12H2,1-2H3,(H2,13,14,15,16). The van der Waals surface area contributed by atoms with E-state index in [-0.39, 0.29) is 0 Å². The van der Waals surface area contributed by atoms with Gasteiger partial charge in [-0.2, -0.15) is 0 Å². The first kappa shape index (κ1) is 13.7. The summed E-state index contributed by atoms with van der Waals surface area (Å²) in [4.78, 5) is 8.35. The number of anilines is 2. The minimum absolute atomic E-state index is 0.604. The molecule has 0 bridgehead atoms. The lowest BCUT2D eigenvalue weighted by Gasteiger charge is -2.08. The highest BCUT2D eigenvalue weighted by Crippen LogP contribution is 2.09. The van der Waals surface area contributed by atoms with E-state index in [1.54, 1.807) is 6.07 Å². The average Bonchev–Trinajstić information content (AvgIpc) is 2.33. The molecular formula is C11H21N5O. The van der Waals surface area contributed by atoms with E-state index >= 15 is 0 Å². The van der Waals surface area contributed by atoms with Gasteiger partial charge in [0.15, 0.2) is 0 Å². The molecule has 0 aliphatic rings. The van der Waals surface area contributed by atoms with Crippen LogP contribution in [0.25, 0.3) is 0 Å². The second-order valence-corrected chi connectivity index (χ2v) is 3.72. The third kappa shape index (κ3) is 5.46. The summed E-state index contributed by atoms with van der Waals surface area (Å²) in [6.07, 6.45) is 2.26. The summed E-state index contributed by atoms with van der Waals surface area (Å²) in [6, 6.07) is 1.76. The molecule has 0 atom stereocenters. The highest BCUT2D eigenvalue weighted by atomic mass is 16.5. The number of nitrogens with zero attached hydrogens (tertiary/aromatic N) is 2. The van der Waals surface area contributed by atoms with Crippen molar-refractivity contribution in [3.63, 3.8) is 0 Å². The molecule has 0 spiro atoms. The first-order chi connectivity index (χ1) is 8.26. The van der Waals surface area contributed by atoms with E-state index in [1.165, 1.54) is 0 Å². The predicted octanol–water partition coefficient (Wildman–Crippen LogP) is 1.30. The number of ether oxygens (including phenoxy) is 1. The maximum absolute atomic E-state index is 5.44. The molecule has 0 aliphatic heterocycles. The second kappa shape index (κ2) is 7.81. The smallest absolute Gasteiger partial charge is 0.145 e. The fourth-order valence-corrected chi connectivity index (χ4v) is 1.33. The summed E-state index contributed by atoms with van der Waals surface area (Å²) < 4.78 is 5.44. The molecule has 1 aromatic rings. The fraction of sp³-hybridized carbons (Fsp3) is 0.636. The van der Waals surface area contributed by atoms with Crippen molar-refractivity contribution in [1.29, 1.82) is 0 Å². The zero-order valence-electron chi connectivity index (χ0n) is 10.5. The van der Waals surface area contributed by atoms with E-state index in [9.17, 15) is 0 Å². The van der Waals surface area contributed by atoms with Crippen molar-refractivity contribution >= 4 is 11.6 Å². The van der Waals surface area contributed by atoms with Gasteiger partial charge in [-0.15, -0.1) is 0 Å². The third-order valence-electron chi connectivity index (χ3n) is 2.18. The molecule has 0 aromatic carbocycles. The van der Waals surface area contributed by atoms with Crippen molar-refractivity contribution in [3.8, 4) is 0 Å². The lowest BCUT2D eigenvalue weighted by molar-refractivity contribution is 0.141. The maximum Gasteiger partial charge on any atom is 0.145 e. The number of hydrogen-bond acceptors (Lipinski definition) is 6. The van der Waals surface area contributed by atoms with Crippen LogP contribution in [-0.2, 0) is 4.74 Å². The van der Waals surface area contributed by atoms with Gasteiger partial charge in [-0.3, -0.25) is 0 Å². The van der Waals surface area contributed by atoms with Gasteiger partial charge in [-0.25, -0.2) is 15.8 Å². The number of aryl methyl sites for hydroxylation is 1. The SMILES string of the molecule is CCCCOCCNc1cc(NN)nc(C)n1. The predicted molar refractivity (Wildman–Crippen MR) is 68.8 cm³/mol. The van der Waals surface area contributed by atoms with Gasteiger partial charge in [0, 0.05) is 19.2 Å². The number of nitrogens with one attached hydrogen (secondary N) is 2. The van der Waals surface area contributed by atoms with Crippen LogP contribution in [0, 0.1) is 6.92 Å². The lowest BCUT2D eigenvalue weighted by atomic mass is 10.4. The summed E-state index contributed by atoms with van der Waals surface area (Å²) in [6.45, 7) is 6.19. The van der Waals surface area contributed by atoms with Gasteiger partial charge in [0.1, 0.15) is 17.5 Å². The first-order valence-electron chi connectivity index (χ1n) is 5.90. The van der Waals surface area contributed by atoms with Crippen LogP contribution in [0.5, 0.6) is 0 Å². The second-order valence-electron chi connectivity index (χ2n) is 3.72. The van der Waals surface area contributed by atoms with Gasteiger partial charge < -0.3 is 15.5 Å². The molecule has 0 saturated carbocycles. The van der Waals surface area contributed by atoms with Gasteiger partial charge >= 0.3 is 0 Å². The van der Waals surface area contributed by atoms with Crippen LogP contribution in [-0.4, -0.2) is 29.7 Å². The highest BCUT2D eigenvalue weighted by molar-refractivity contribution is 5.46. The monoisotopic (exact) mass is 239 g/mol. The van der Waals surface area contributed by atoms with Crippen molar-refractivity contribution in [1.82, 2.24) is 9.97 Å². The zero-order valence-corrected chi connectivity index (χ0v) is 10.5. The topological polar surface area (TPSA) is 85.1 Å². The van der Waals surface area contributed by atoms with Crippen molar-refractivity contribution in [2.45, 2.75) is 26.7 Å². The van der Waals surface area contributed by atoms with Gasteiger partial charge in [0.2, 0.25) is 0 Å². The molecule has 6 nitrogen and oxygen atoms in total. The molecule has 1 rings (SSSR count). The molecule has 1 heterocycles. The first-order valence-corrected chi connectivity index (χ1v) is 5.90.